The first kappa shape index (κ1) is 10.3. The second-order valence-electron chi connectivity index (χ2n) is 3.27. The van der Waals surface area contributed by atoms with E-state index >= 15 is 0 Å². The van der Waals surface area contributed by atoms with Gasteiger partial charge in [-0.05, 0) is 26.0 Å². The van der Waals surface area contributed by atoms with Crippen molar-refractivity contribution in [2.75, 3.05) is 6.54 Å². The lowest BCUT2D eigenvalue weighted by Gasteiger charge is -2.09. The van der Waals surface area contributed by atoms with E-state index in [0.717, 1.165) is 13.1 Å². The standard InChI is InChI=1S/C10H18N2O/c1-3-12-6-4-5-10(12)8-11-7-9(2)13/h4-6,9,11,13H,3,7-8H2,1-2H3. The fraction of sp³-hybridized carbons (Fsp3) is 0.600. The van der Waals surface area contributed by atoms with Gasteiger partial charge in [0, 0.05) is 31.5 Å². The van der Waals surface area contributed by atoms with Crippen LogP contribution in [0.25, 0.3) is 0 Å². The third-order valence-electron chi connectivity index (χ3n) is 2.01. The van der Waals surface area contributed by atoms with Gasteiger partial charge in [-0.1, -0.05) is 0 Å². The zero-order valence-corrected chi connectivity index (χ0v) is 8.33. The Hall–Kier alpha value is -0.800. The number of nitrogens with one attached hydrogen (secondary N) is 1. The Balaban J connectivity index is 2.36. The molecule has 0 aliphatic rings. The van der Waals surface area contributed by atoms with Crippen LogP contribution in [0.3, 0.4) is 0 Å². The fourth-order valence-electron chi connectivity index (χ4n) is 1.33. The van der Waals surface area contributed by atoms with Crippen LogP contribution in [0.4, 0.5) is 0 Å². The van der Waals surface area contributed by atoms with E-state index in [4.69, 9.17) is 5.11 Å². The van der Waals surface area contributed by atoms with E-state index < -0.39 is 0 Å². The quantitative estimate of drug-likeness (QED) is 0.712. The van der Waals surface area contributed by atoms with Gasteiger partial charge < -0.3 is 15.0 Å². The highest BCUT2D eigenvalue weighted by atomic mass is 16.3. The van der Waals surface area contributed by atoms with Crippen molar-refractivity contribution < 1.29 is 5.11 Å². The highest BCUT2D eigenvalue weighted by Crippen LogP contribution is 2.01. The maximum absolute atomic E-state index is 9.04. The molecule has 0 aliphatic heterocycles. The van der Waals surface area contributed by atoms with Crippen molar-refractivity contribution in [1.29, 1.82) is 0 Å². The molecule has 0 amide bonds. The van der Waals surface area contributed by atoms with Crippen molar-refractivity contribution in [2.45, 2.75) is 33.0 Å². The zero-order valence-electron chi connectivity index (χ0n) is 8.33. The summed E-state index contributed by atoms with van der Waals surface area (Å²) in [5.74, 6) is 0. The molecule has 3 heteroatoms. The lowest BCUT2D eigenvalue weighted by Crippen LogP contribution is -2.24. The van der Waals surface area contributed by atoms with Crippen LogP contribution in [-0.4, -0.2) is 22.3 Å². The average molecular weight is 182 g/mol. The average Bonchev–Trinajstić information content (AvgIpc) is 2.51. The van der Waals surface area contributed by atoms with E-state index in [1.807, 2.05) is 6.07 Å². The monoisotopic (exact) mass is 182 g/mol. The Morgan fingerprint density at radius 3 is 3.00 bits per heavy atom. The molecule has 0 saturated carbocycles. The maximum atomic E-state index is 9.04. The summed E-state index contributed by atoms with van der Waals surface area (Å²) in [6, 6.07) is 4.14. The summed E-state index contributed by atoms with van der Waals surface area (Å²) in [6.45, 7) is 6.38. The lowest BCUT2D eigenvalue weighted by atomic mass is 10.3. The van der Waals surface area contributed by atoms with E-state index in [0.29, 0.717) is 6.54 Å². The van der Waals surface area contributed by atoms with Crippen LogP contribution in [0.1, 0.15) is 19.5 Å². The van der Waals surface area contributed by atoms with Crippen molar-refractivity contribution in [3.63, 3.8) is 0 Å². The Morgan fingerprint density at radius 2 is 2.38 bits per heavy atom. The van der Waals surface area contributed by atoms with Gasteiger partial charge in [0.2, 0.25) is 0 Å². The minimum atomic E-state index is -0.273. The highest BCUT2D eigenvalue weighted by molar-refractivity contribution is 5.06. The normalized spacial score (nSPS) is 13.2. The second kappa shape index (κ2) is 5.04. The van der Waals surface area contributed by atoms with Gasteiger partial charge in [-0.3, -0.25) is 0 Å². The van der Waals surface area contributed by atoms with Gasteiger partial charge in [0.1, 0.15) is 0 Å². The molecule has 0 aliphatic carbocycles. The molecular formula is C10H18N2O. The molecule has 0 spiro atoms. The topological polar surface area (TPSA) is 37.2 Å². The summed E-state index contributed by atoms with van der Waals surface area (Å²) in [5, 5.41) is 12.2. The Bertz CT molecular complexity index is 243. The summed E-state index contributed by atoms with van der Waals surface area (Å²) in [4.78, 5) is 0. The summed E-state index contributed by atoms with van der Waals surface area (Å²) >= 11 is 0. The van der Waals surface area contributed by atoms with Crippen molar-refractivity contribution in [1.82, 2.24) is 9.88 Å². The molecule has 1 rings (SSSR count). The predicted molar refractivity (Wildman–Crippen MR) is 53.5 cm³/mol. The molecule has 13 heavy (non-hydrogen) atoms. The first-order valence-corrected chi connectivity index (χ1v) is 4.76. The molecule has 1 atom stereocenters. The van der Waals surface area contributed by atoms with Crippen molar-refractivity contribution in [3.8, 4) is 0 Å². The van der Waals surface area contributed by atoms with Gasteiger partial charge in [0.15, 0.2) is 0 Å². The third-order valence-corrected chi connectivity index (χ3v) is 2.01. The lowest BCUT2D eigenvalue weighted by molar-refractivity contribution is 0.190. The number of aliphatic hydroxyl groups excluding tert-OH is 1. The molecule has 0 bridgehead atoms. The van der Waals surface area contributed by atoms with Crippen LogP contribution in [-0.2, 0) is 13.1 Å². The maximum Gasteiger partial charge on any atom is 0.0636 e. The van der Waals surface area contributed by atoms with Gasteiger partial charge >= 0.3 is 0 Å². The van der Waals surface area contributed by atoms with Gasteiger partial charge in [-0.15, -0.1) is 0 Å². The summed E-state index contributed by atoms with van der Waals surface area (Å²) < 4.78 is 2.19. The SMILES string of the molecule is CCn1cccc1CNCC(C)O. The van der Waals surface area contributed by atoms with Crippen LogP contribution >= 0.6 is 0 Å². The van der Waals surface area contributed by atoms with Crippen LogP contribution in [0.2, 0.25) is 0 Å². The molecular weight excluding hydrogens is 164 g/mol. The smallest absolute Gasteiger partial charge is 0.0636 e. The van der Waals surface area contributed by atoms with Crippen LogP contribution in [0.15, 0.2) is 18.3 Å². The number of hydrogen-bond acceptors (Lipinski definition) is 2. The summed E-state index contributed by atoms with van der Waals surface area (Å²) in [6.07, 6.45) is 1.80. The molecule has 1 aromatic heterocycles. The van der Waals surface area contributed by atoms with Crippen LogP contribution < -0.4 is 5.32 Å². The number of nitrogens with zero attached hydrogens (tertiary/aromatic N) is 1. The van der Waals surface area contributed by atoms with Gasteiger partial charge in [0.05, 0.1) is 6.10 Å². The molecule has 1 heterocycles. The minimum absolute atomic E-state index is 0.273. The highest BCUT2D eigenvalue weighted by Gasteiger charge is 1.99. The Labute approximate surface area is 79.4 Å². The number of aliphatic hydroxyl groups is 1. The number of hydrogen-bond donors (Lipinski definition) is 2. The van der Waals surface area contributed by atoms with E-state index in [2.05, 4.69) is 29.1 Å². The Kier molecular flexibility index (Phi) is 3.99. The van der Waals surface area contributed by atoms with Gasteiger partial charge in [-0.2, -0.15) is 0 Å². The molecule has 0 aromatic carbocycles. The number of aryl methyl sites for hydroxylation is 1. The van der Waals surface area contributed by atoms with E-state index in [1.54, 1.807) is 6.92 Å². The van der Waals surface area contributed by atoms with Gasteiger partial charge in [-0.25, -0.2) is 0 Å². The molecule has 0 radical (unpaired) electrons. The fourth-order valence-corrected chi connectivity index (χ4v) is 1.33. The molecule has 1 unspecified atom stereocenters. The van der Waals surface area contributed by atoms with Crippen LogP contribution in [0, 0.1) is 0 Å². The van der Waals surface area contributed by atoms with Gasteiger partial charge in [0.25, 0.3) is 0 Å². The first-order chi connectivity index (χ1) is 6.24. The third kappa shape index (κ3) is 3.20. The minimum Gasteiger partial charge on any atom is -0.392 e. The van der Waals surface area contributed by atoms with Crippen LogP contribution in [0.5, 0.6) is 0 Å². The largest absolute Gasteiger partial charge is 0.392 e. The predicted octanol–water partition coefficient (Wildman–Crippen LogP) is 0.978. The zero-order chi connectivity index (χ0) is 9.68. The summed E-state index contributed by atoms with van der Waals surface area (Å²) in [5.41, 5.74) is 1.27. The van der Waals surface area contributed by atoms with Crippen molar-refractivity contribution in [2.24, 2.45) is 0 Å². The first-order valence-electron chi connectivity index (χ1n) is 4.76. The Morgan fingerprint density at radius 1 is 1.62 bits per heavy atom. The van der Waals surface area contributed by atoms with Crippen molar-refractivity contribution >= 4 is 0 Å². The molecule has 0 fully saturated rings. The number of aromatic nitrogens is 1. The van der Waals surface area contributed by atoms with Crippen molar-refractivity contribution in [3.05, 3.63) is 24.0 Å². The van der Waals surface area contributed by atoms with E-state index in [-0.39, 0.29) is 6.10 Å². The second-order valence-corrected chi connectivity index (χ2v) is 3.27. The summed E-state index contributed by atoms with van der Waals surface area (Å²) in [7, 11) is 0. The van der Waals surface area contributed by atoms with E-state index in [9.17, 15) is 0 Å². The number of rotatable bonds is 5. The van der Waals surface area contributed by atoms with E-state index in [1.165, 1.54) is 5.69 Å². The molecule has 2 N–H and O–H groups in total. The molecule has 1 aromatic rings. The molecule has 3 nitrogen and oxygen atoms in total. The molecule has 74 valence electrons. The molecule has 0 saturated heterocycles.